The molecule has 3 aromatic rings. The van der Waals surface area contributed by atoms with Crippen molar-refractivity contribution in [1.82, 2.24) is 4.98 Å². The summed E-state index contributed by atoms with van der Waals surface area (Å²) in [5, 5.41) is 0.483. The maximum absolute atomic E-state index is 12.7. The van der Waals surface area contributed by atoms with Gasteiger partial charge in [-0.15, -0.1) is 0 Å². The van der Waals surface area contributed by atoms with Gasteiger partial charge in [-0.2, -0.15) is 0 Å². The van der Waals surface area contributed by atoms with E-state index in [1.54, 1.807) is 0 Å². The molecule has 1 aliphatic carbocycles. The van der Waals surface area contributed by atoms with Crippen molar-refractivity contribution in [2.75, 3.05) is 0 Å². The first-order chi connectivity index (χ1) is 13.5. The number of hydrogen-bond donors (Lipinski definition) is 0. The van der Waals surface area contributed by atoms with E-state index in [9.17, 15) is 35.5 Å². The molecule has 0 bridgehead atoms. The Morgan fingerprint density at radius 3 is 1.84 bits per heavy atom. The largest absolute Gasteiger partial charge is 1.00 e. The zero-order chi connectivity index (χ0) is 21.1. The van der Waals surface area contributed by atoms with E-state index in [0.29, 0.717) is 5.39 Å². The summed E-state index contributed by atoms with van der Waals surface area (Å²) in [5.74, 6) is -2.72. The number of carbonyl (C=O) groups excluding carboxylic acids is 2. The second-order valence-electron chi connectivity index (χ2n) is 6.37. The molecule has 4 rings (SSSR count). The molecule has 31 heavy (non-hydrogen) atoms. The maximum Gasteiger partial charge on any atom is 1.00 e. The monoisotopic (exact) mass is 477 g/mol. The molecule has 0 fully saturated rings. The molecule has 1 aromatic heterocycles. The minimum absolute atomic E-state index is 0. The minimum Gasteiger partial charge on any atom is -0.744 e. The average Bonchev–Trinajstić information content (AvgIpc) is 2.89. The summed E-state index contributed by atoms with van der Waals surface area (Å²) in [5.41, 5.74) is -0.130. The molecule has 1 heterocycles. The predicted octanol–water partition coefficient (Wildman–Crippen LogP) is -4.79. The topological polar surface area (TPSA) is 161 Å². The van der Waals surface area contributed by atoms with Crippen molar-refractivity contribution in [3.63, 3.8) is 0 Å². The van der Waals surface area contributed by atoms with Crippen LogP contribution in [0.25, 0.3) is 10.9 Å². The number of Topliss-reactive ketones (excluding diaryl/α,β-unsaturated/α-hetero) is 2. The van der Waals surface area contributed by atoms with Crippen molar-refractivity contribution >= 4 is 42.7 Å². The molecule has 9 nitrogen and oxygen atoms in total. The molecule has 1 aliphatic rings. The van der Waals surface area contributed by atoms with Crippen LogP contribution in [0.15, 0.2) is 58.3 Å². The van der Waals surface area contributed by atoms with Crippen molar-refractivity contribution in [2.24, 2.45) is 0 Å². The first-order valence-electron chi connectivity index (χ1n) is 8.02. The number of carbonyl (C=O) groups is 2. The number of hydrogen-bond acceptors (Lipinski definition) is 9. The maximum atomic E-state index is 12.7. The summed E-state index contributed by atoms with van der Waals surface area (Å²) in [6.45, 7) is 0. The van der Waals surface area contributed by atoms with Gasteiger partial charge in [-0.05, 0) is 36.4 Å². The van der Waals surface area contributed by atoms with Crippen LogP contribution in [-0.4, -0.2) is 42.5 Å². The van der Waals surface area contributed by atoms with Crippen LogP contribution in [-0.2, 0) is 20.2 Å². The summed E-state index contributed by atoms with van der Waals surface area (Å²) in [6, 6.07) is 9.37. The Bertz CT molecular complexity index is 1450. The van der Waals surface area contributed by atoms with Crippen LogP contribution in [0.4, 0.5) is 0 Å². The SMILES string of the molecule is O=C1c2ccc(S(=O)(=O)[O-])cc2C(=O)C1c1ccc2ccc(S(=O)(=O)[O-])cc2n1.[Na+].[Na+]. The van der Waals surface area contributed by atoms with E-state index in [1.807, 2.05) is 0 Å². The van der Waals surface area contributed by atoms with Crippen LogP contribution >= 0.6 is 0 Å². The number of nitrogens with zero attached hydrogens (tertiary/aromatic N) is 1. The van der Waals surface area contributed by atoms with Crippen LogP contribution in [0.2, 0.25) is 0 Å². The Morgan fingerprint density at radius 2 is 1.23 bits per heavy atom. The van der Waals surface area contributed by atoms with Crippen molar-refractivity contribution in [1.29, 1.82) is 0 Å². The fourth-order valence-corrected chi connectivity index (χ4v) is 4.21. The summed E-state index contributed by atoms with van der Waals surface area (Å²) in [6.07, 6.45) is 0. The Labute approximate surface area is 221 Å². The second kappa shape index (κ2) is 9.10. The van der Waals surface area contributed by atoms with Crippen LogP contribution in [0, 0.1) is 0 Å². The smallest absolute Gasteiger partial charge is 0.744 e. The fourth-order valence-electron chi connectivity index (χ4n) is 3.23. The third kappa shape index (κ3) is 4.86. The van der Waals surface area contributed by atoms with E-state index >= 15 is 0 Å². The van der Waals surface area contributed by atoms with Crippen LogP contribution in [0.3, 0.4) is 0 Å². The van der Waals surface area contributed by atoms with Crippen molar-refractivity contribution in [3.8, 4) is 0 Å². The molecule has 1 unspecified atom stereocenters. The fraction of sp³-hybridized carbons (Fsp3) is 0.0556. The van der Waals surface area contributed by atoms with Crippen LogP contribution in [0.5, 0.6) is 0 Å². The van der Waals surface area contributed by atoms with E-state index in [-0.39, 0.29) is 81.5 Å². The molecule has 2 aromatic carbocycles. The molecular formula is C18H9NNa2O8S2. The molecule has 0 amide bonds. The van der Waals surface area contributed by atoms with Gasteiger partial charge in [-0.3, -0.25) is 14.6 Å². The van der Waals surface area contributed by atoms with Crippen molar-refractivity contribution in [3.05, 3.63) is 65.4 Å². The summed E-state index contributed by atoms with van der Waals surface area (Å²) < 4.78 is 67.2. The van der Waals surface area contributed by atoms with E-state index in [4.69, 9.17) is 0 Å². The Balaban J connectivity index is 0.00000171. The molecule has 0 N–H and O–H groups in total. The molecule has 0 saturated heterocycles. The average molecular weight is 477 g/mol. The number of pyridine rings is 1. The standard InChI is InChI=1S/C18H11NO8S2.2Na/c20-17-12-5-4-10(28(22,23)24)7-13(12)18(21)16(17)14-6-2-9-1-3-11(29(25,26)27)8-15(9)19-14;;/h1-8,16H,(H,22,23,24)(H,25,26,27);;/q;2*+1/p-2. The van der Waals surface area contributed by atoms with Gasteiger partial charge in [-0.1, -0.05) is 12.1 Å². The third-order valence-electron chi connectivity index (χ3n) is 4.60. The van der Waals surface area contributed by atoms with E-state index in [2.05, 4.69) is 4.98 Å². The first kappa shape index (κ1) is 26.3. The minimum atomic E-state index is -4.81. The summed E-state index contributed by atoms with van der Waals surface area (Å²) in [7, 11) is -9.53. The van der Waals surface area contributed by atoms with Crippen molar-refractivity contribution < 1.29 is 94.6 Å². The number of benzene rings is 2. The normalized spacial score (nSPS) is 15.9. The van der Waals surface area contributed by atoms with Crippen molar-refractivity contribution in [2.45, 2.75) is 15.7 Å². The number of rotatable bonds is 3. The van der Waals surface area contributed by atoms with Gasteiger partial charge < -0.3 is 9.11 Å². The number of ketones is 2. The van der Waals surface area contributed by atoms with E-state index in [1.165, 1.54) is 18.2 Å². The van der Waals surface area contributed by atoms with Gasteiger partial charge in [0.1, 0.15) is 26.2 Å². The predicted molar refractivity (Wildman–Crippen MR) is 95.5 cm³/mol. The van der Waals surface area contributed by atoms with E-state index in [0.717, 1.165) is 30.3 Å². The molecule has 1 atom stereocenters. The Kier molecular flexibility index (Phi) is 7.71. The summed E-state index contributed by atoms with van der Waals surface area (Å²) in [4.78, 5) is 28.5. The third-order valence-corrected chi connectivity index (χ3v) is 6.27. The quantitative estimate of drug-likeness (QED) is 0.205. The zero-order valence-electron chi connectivity index (χ0n) is 16.2. The Hall–Kier alpha value is -0.990. The molecule has 13 heteroatoms. The first-order valence-corrected chi connectivity index (χ1v) is 10.8. The van der Waals surface area contributed by atoms with Crippen LogP contribution < -0.4 is 59.1 Å². The molecule has 0 saturated carbocycles. The summed E-state index contributed by atoms with van der Waals surface area (Å²) >= 11 is 0. The molecule has 0 aliphatic heterocycles. The van der Waals surface area contributed by atoms with Gasteiger partial charge in [0, 0.05) is 16.5 Å². The molecule has 0 spiro atoms. The Morgan fingerprint density at radius 1 is 0.710 bits per heavy atom. The molecule has 148 valence electrons. The number of fused-ring (bicyclic) bond motifs is 2. The van der Waals surface area contributed by atoms with Gasteiger partial charge >= 0.3 is 59.1 Å². The molecule has 0 radical (unpaired) electrons. The van der Waals surface area contributed by atoms with Gasteiger partial charge in [0.25, 0.3) is 0 Å². The van der Waals surface area contributed by atoms with Gasteiger partial charge in [-0.25, -0.2) is 16.8 Å². The second-order valence-corrected chi connectivity index (χ2v) is 9.13. The van der Waals surface area contributed by atoms with Crippen LogP contribution in [0.1, 0.15) is 32.3 Å². The zero-order valence-corrected chi connectivity index (χ0v) is 21.9. The molecular weight excluding hydrogens is 468 g/mol. The number of aromatic nitrogens is 1. The van der Waals surface area contributed by atoms with Gasteiger partial charge in [0.15, 0.2) is 11.6 Å². The van der Waals surface area contributed by atoms with Gasteiger partial charge in [0.2, 0.25) is 0 Å². The van der Waals surface area contributed by atoms with Gasteiger partial charge in [0.05, 0.1) is 21.0 Å². The van der Waals surface area contributed by atoms with E-state index < -0.39 is 47.5 Å².